The molecule has 2 fully saturated rings. The molecular weight excluding hydrogens is 535 g/mol. The Kier molecular flexibility index (Phi) is 7.43. The highest BCUT2D eigenvalue weighted by Gasteiger charge is 2.53. The Labute approximate surface area is 244 Å². The number of nitrogens with zero attached hydrogens (tertiary/aromatic N) is 4. The molecule has 8 heteroatoms. The number of ether oxygens (including phenoxy) is 1. The maximum absolute atomic E-state index is 14.4. The highest BCUT2D eigenvalue weighted by molar-refractivity contribution is 7.98. The third kappa shape index (κ3) is 5.53. The lowest BCUT2D eigenvalue weighted by molar-refractivity contribution is -0.144. The highest BCUT2D eigenvalue weighted by Crippen LogP contribution is 2.45. The Morgan fingerprint density at radius 3 is 2.49 bits per heavy atom. The van der Waals surface area contributed by atoms with Crippen molar-refractivity contribution in [2.45, 2.75) is 31.1 Å². The molecule has 210 valence electrons. The summed E-state index contributed by atoms with van der Waals surface area (Å²) in [6.07, 6.45) is 5.66. The number of carbonyl (C=O) groups is 1. The average molecular weight is 569 g/mol. The Balaban J connectivity index is 1.14. The average Bonchev–Trinajstić information content (AvgIpc) is 2.93. The molecule has 0 N–H and O–H groups in total. The fourth-order valence-electron chi connectivity index (χ4n) is 5.87. The lowest BCUT2D eigenvalue weighted by Crippen LogP contribution is -2.73. The molecule has 1 amide bonds. The van der Waals surface area contributed by atoms with Crippen molar-refractivity contribution < 1.29 is 13.9 Å². The van der Waals surface area contributed by atoms with Crippen LogP contribution < -0.4 is 9.64 Å². The minimum atomic E-state index is -0.318. The van der Waals surface area contributed by atoms with E-state index in [2.05, 4.69) is 46.9 Å². The van der Waals surface area contributed by atoms with E-state index in [1.807, 2.05) is 41.5 Å². The molecule has 41 heavy (non-hydrogen) atoms. The number of halogens is 1. The van der Waals surface area contributed by atoms with Crippen LogP contribution in [0.1, 0.15) is 30.9 Å². The van der Waals surface area contributed by atoms with Gasteiger partial charge in [0, 0.05) is 42.1 Å². The number of rotatable bonds is 8. The molecule has 4 aromatic rings. The number of thioether (sulfide) groups is 1. The van der Waals surface area contributed by atoms with Crippen LogP contribution >= 0.6 is 11.8 Å². The van der Waals surface area contributed by atoms with E-state index in [0.29, 0.717) is 29.3 Å². The molecule has 1 spiro atoms. The predicted octanol–water partition coefficient (Wildman–Crippen LogP) is 6.81. The molecule has 2 saturated heterocycles. The minimum absolute atomic E-state index is 0.0812. The molecule has 2 aliphatic rings. The number of amides is 1. The number of hydrogen-bond acceptors (Lipinski definition) is 6. The zero-order chi connectivity index (χ0) is 28.6. The van der Waals surface area contributed by atoms with E-state index in [-0.39, 0.29) is 23.1 Å². The van der Waals surface area contributed by atoms with Gasteiger partial charge in [-0.25, -0.2) is 14.4 Å². The summed E-state index contributed by atoms with van der Waals surface area (Å²) in [4.78, 5) is 26.9. The summed E-state index contributed by atoms with van der Waals surface area (Å²) < 4.78 is 20.8. The normalized spacial score (nSPS) is 15.5. The first-order valence-electron chi connectivity index (χ1n) is 13.9. The van der Waals surface area contributed by atoms with Crippen molar-refractivity contribution in [1.29, 1.82) is 0 Å². The molecule has 3 aromatic carbocycles. The lowest BCUT2D eigenvalue weighted by Gasteiger charge is -2.60. The number of carbonyl (C=O) groups excluding carboxylic acids is 1. The summed E-state index contributed by atoms with van der Waals surface area (Å²) in [5.41, 5.74) is 3.89. The van der Waals surface area contributed by atoms with Gasteiger partial charge in [0.15, 0.2) is 11.6 Å². The second kappa shape index (κ2) is 11.2. The topological polar surface area (TPSA) is 58.6 Å². The molecule has 0 unspecified atom stereocenters. The molecular formula is C33H33FN4O2S. The Bertz CT molecular complexity index is 1560. The molecule has 3 heterocycles. The zero-order valence-corrected chi connectivity index (χ0v) is 24.3. The van der Waals surface area contributed by atoms with E-state index >= 15 is 0 Å². The van der Waals surface area contributed by atoms with Crippen LogP contribution in [-0.2, 0) is 11.2 Å². The molecule has 0 aliphatic carbocycles. The first-order valence-corrected chi connectivity index (χ1v) is 15.1. The first kappa shape index (κ1) is 27.3. The van der Waals surface area contributed by atoms with Crippen LogP contribution in [0.2, 0.25) is 0 Å². The van der Waals surface area contributed by atoms with E-state index in [4.69, 9.17) is 4.74 Å². The highest BCUT2D eigenvalue weighted by atomic mass is 32.2. The number of likely N-dealkylation sites (tertiary alicyclic amines) is 1. The third-order valence-electron chi connectivity index (χ3n) is 7.97. The summed E-state index contributed by atoms with van der Waals surface area (Å²) in [5.74, 6) is 1.90. The Hall–Kier alpha value is -3.91. The standard InChI is InChI=1S/C33H33FN4O2S/c1-22(2)26-6-4-5-7-27(26)28-15-24(34)10-13-29(28)40-30-16-35-21-36-32(30)38-19-33(20-38)17-37(18-33)31(39)14-23-8-11-25(41-3)12-9-23/h4-13,15-16,21-22H,14,17-20H2,1-3H3. The quantitative estimate of drug-likeness (QED) is 0.218. The maximum atomic E-state index is 14.4. The lowest BCUT2D eigenvalue weighted by atomic mass is 9.72. The maximum Gasteiger partial charge on any atom is 0.227 e. The largest absolute Gasteiger partial charge is 0.451 e. The van der Waals surface area contributed by atoms with Crippen molar-refractivity contribution >= 4 is 23.5 Å². The van der Waals surface area contributed by atoms with Gasteiger partial charge in [-0.1, -0.05) is 50.2 Å². The van der Waals surface area contributed by atoms with Crippen molar-refractivity contribution in [2.75, 3.05) is 37.3 Å². The van der Waals surface area contributed by atoms with Crippen molar-refractivity contribution in [3.63, 3.8) is 0 Å². The molecule has 2 aliphatic heterocycles. The van der Waals surface area contributed by atoms with Crippen molar-refractivity contribution in [2.24, 2.45) is 5.41 Å². The molecule has 0 bridgehead atoms. The minimum Gasteiger partial charge on any atom is -0.451 e. The van der Waals surface area contributed by atoms with Gasteiger partial charge in [0.05, 0.1) is 12.6 Å². The van der Waals surface area contributed by atoms with E-state index in [0.717, 1.165) is 42.9 Å². The molecule has 0 radical (unpaired) electrons. The fourth-order valence-corrected chi connectivity index (χ4v) is 6.28. The summed E-state index contributed by atoms with van der Waals surface area (Å²) in [6, 6.07) is 20.8. The number of anilines is 1. The van der Waals surface area contributed by atoms with E-state index in [1.54, 1.807) is 24.0 Å². The van der Waals surface area contributed by atoms with Crippen LogP contribution in [0.15, 0.2) is 84.1 Å². The van der Waals surface area contributed by atoms with Crippen LogP contribution in [-0.4, -0.2) is 53.2 Å². The van der Waals surface area contributed by atoms with Crippen LogP contribution in [0.5, 0.6) is 11.5 Å². The van der Waals surface area contributed by atoms with E-state index in [9.17, 15) is 9.18 Å². The van der Waals surface area contributed by atoms with Gasteiger partial charge in [0.2, 0.25) is 5.91 Å². The molecule has 0 atom stereocenters. The van der Waals surface area contributed by atoms with Gasteiger partial charge in [0.25, 0.3) is 0 Å². The fraction of sp³-hybridized carbons (Fsp3) is 0.303. The number of hydrogen-bond donors (Lipinski definition) is 0. The Morgan fingerprint density at radius 1 is 1.00 bits per heavy atom. The van der Waals surface area contributed by atoms with Crippen LogP contribution in [0.3, 0.4) is 0 Å². The van der Waals surface area contributed by atoms with Gasteiger partial charge in [-0.2, -0.15) is 0 Å². The molecule has 0 saturated carbocycles. The second-order valence-corrected chi connectivity index (χ2v) is 12.2. The zero-order valence-electron chi connectivity index (χ0n) is 23.5. The monoisotopic (exact) mass is 568 g/mol. The van der Waals surface area contributed by atoms with Crippen LogP contribution in [0.25, 0.3) is 11.1 Å². The van der Waals surface area contributed by atoms with Crippen molar-refractivity contribution in [1.82, 2.24) is 14.9 Å². The Morgan fingerprint density at radius 2 is 1.76 bits per heavy atom. The SMILES string of the molecule is CSc1ccc(CC(=O)N2CC3(C2)CN(c2ncncc2Oc2ccc(F)cc2-c2ccccc2C(C)C)C3)cc1. The second-order valence-electron chi connectivity index (χ2n) is 11.3. The van der Waals surface area contributed by atoms with Gasteiger partial charge >= 0.3 is 0 Å². The van der Waals surface area contributed by atoms with Gasteiger partial charge in [0.1, 0.15) is 17.9 Å². The smallest absolute Gasteiger partial charge is 0.227 e. The summed E-state index contributed by atoms with van der Waals surface area (Å²) in [5, 5.41) is 0. The predicted molar refractivity (Wildman–Crippen MR) is 161 cm³/mol. The number of aromatic nitrogens is 2. The first-order chi connectivity index (χ1) is 19.8. The van der Waals surface area contributed by atoms with E-state index in [1.165, 1.54) is 23.4 Å². The summed E-state index contributed by atoms with van der Waals surface area (Å²) in [7, 11) is 0. The van der Waals surface area contributed by atoms with Crippen molar-refractivity contribution in [3.8, 4) is 22.6 Å². The molecule has 1 aromatic heterocycles. The van der Waals surface area contributed by atoms with Crippen LogP contribution in [0, 0.1) is 11.2 Å². The van der Waals surface area contributed by atoms with Gasteiger partial charge < -0.3 is 14.5 Å². The summed E-state index contributed by atoms with van der Waals surface area (Å²) >= 11 is 1.70. The molecule has 6 rings (SSSR count). The van der Waals surface area contributed by atoms with Crippen LogP contribution in [0.4, 0.5) is 10.2 Å². The van der Waals surface area contributed by atoms with E-state index < -0.39 is 0 Å². The van der Waals surface area contributed by atoms with Gasteiger partial charge in [-0.15, -0.1) is 11.8 Å². The summed E-state index contributed by atoms with van der Waals surface area (Å²) in [6.45, 7) is 7.33. The molecule has 6 nitrogen and oxygen atoms in total. The van der Waals surface area contributed by atoms with Gasteiger partial charge in [-0.3, -0.25) is 4.79 Å². The van der Waals surface area contributed by atoms with Gasteiger partial charge in [-0.05, 0) is 59.2 Å². The van der Waals surface area contributed by atoms with Crippen molar-refractivity contribution in [3.05, 3.63) is 96.2 Å². The number of benzene rings is 3. The third-order valence-corrected chi connectivity index (χ3v) is 8.71.